The average molecular weight is 269 g/mol. The van der Waals surface area contributed by atoms with Gasteiger partial charge in [0.2, 0.25) is 0 Å². The van der Waals surface area contributed by atoms with Gasteiger partial charge in [0.1, 0.15) is 18.2 Å². The van der Waals surface area contributed by atoms with Gasteiger partial charge in [0.15, 0.2) is 0 Å². The Kier molecular flexibility index (Phi) is 3.56. The molecule has 2 N–H and O–H groups in total. The van der Waals surface area contributed by atoms with Gasteiger partial charge < -0.3 is 15.4 Å². The summed E-state index contributed by atoms with van der Waals surface area (Å²) in [6, 6.07) is 12.3. The second kappa shape index (κ2) is 5.51. The van der Waals surface area contributed by atoms with Crippen molar-refractivity contribution in [1.82, 2.24) is 4.98 Å². The van der Waals surface area contributed by atoms with Crippen LogP contribution in [0.5, 0.6) is 5.75 Å². The third kappa shape index (κ3) is 2.60. The van der Waals surface area contributed by atoms with Crippen molar-refractivity contribution in [2.45, 2.75) is 19.5 Å². The van der Waals surface area contributed by atoms with E-state index in [1.165, 1.54) is 5.56 Å². The normalized spacial score (nSPS) is 16.0. The molecule has 0 fully saturated rings. The van der Waals surface area contributed by atoms with Crippen LogP contribution in [0.4, 0.5) is 5.82 Å². The molecule has 1 aromatic heterocycles. The maximum absolute atomic E-state index is 5.86. The Morgan fingerprint density at radius 2 is 2.10 bits per heavy atom. The number of pyridine rings is 1. The number of rotatable bonds is 2. The number of aromatic nitrogens is 1. The molecule has 1 aliphatic rings. The number of ether oxygens (including phenoxy) is 1. The molecule has 0 amide bonds. The van der Waals surface area contributed by atoms with E-state index in [1.807, 2.05) is 43.5 Å². The smallest absolute Gasteiger partial charge is 0.128 e. The second-order valence-electron chi connectivity index (χ2n) is 5.12. The molecule has 1 aliphatic heterocycles. The molecule has 1 aromatic carbocycles. The van der Waals surface area contributed by atoms with Crippen LogP contribution in [0.2, 0.25) is 0 Å². The van der Waals surface area contributed by atoms with Crippen molar-refractivity contribution in [2.24, 2.45) is 5.73 Å². The molecule has 0 aliphatic carbocycles. The molecule has 3 rings (SSSR count). The van der Waals surface area contributed by atoms with Crippen molar-refractivity contribution in [2.75, 3.05) is 18.1 Å². The SMILES string of the molecule is C[C@@H](N)c1ccc(N2CCOc3ccccc3C2)nc1. The molecule has 0 saturated carbocycles. The Labute approximate surface area is 119 Å². The Balaban J connectivity index is 1.84. The highest BCUT2D eigenvalue weighted by atomic mass is 16.5. The quantitative estimate of drug-likeness (QED) is 0.910. The van der Waals surface area contributed by atoms with Gasteiger partial charge in [-0.15, -0.1) is 0 Å². The van der Waals surface area contributed by atoms with Gasteiger partial charge in [0.25, 0.3) is 0 Å². The van der Waals surface area contributed by atoms with E-state index in [4.69, 9.17) is 10.5 Å². The Hall–Kier alpha value is -2.07. The maximum Gasteiger partial charge on any atom is 0.128 e. The first-order valence-electron chi connectivity index (χ1n) is 6.91. The van der Waals surface area contributed by atoms with Gasteiger partial charge in [-0.05, 0) is 24.6 Å². The first-order chi connectivity index (χ1) is 9.74. The van der Waals surface area contributed by atoms with Crippen LogP contribution in [0.1, 0.15) is 24.1 Å². The molecule has 0 spiro atoms. The molecular weight excluding hydrogens is 250 g/mol. The topological polar surface area (TPSA) is 51.4 Å². The summed E-state index contributed by atoms with van der Waals surface area (Å²) >= 11 is 0. The van der Waals surface area contributed by atoms with E-state index in [-0.39, 0.29) is 6.04 Å². The van der Waals surface area contributed by atoms with E-state index in [9.17, 15) is 0 Å². The molecule has 0 saturated heterocycles. The number of nitrogens with zero attached hydrogens (tertiary/aromatic N) is 2. The summed E-state index contributed by atoms with van der Waals surface area (Å²) in [6.07, 6.45) is 1.86. The highest BCUT2D eigenvalue weighted by molar-refractivity contribution is 5.44. The molecule has 0 radical (unpaired) electrons. The Morgan fingerprint density at radius 3 is 2.85 bits per heavy atom. The van der Waals surface area contributed by atoms with Crippen LogP contribution >= 0.6 is 0 Å². The first-order valence-corrected chi connectivity index (χ1v) is 6.91. The van der Waals surface area contributed by atoms with Gasteiger partial charge in [-0.1, -0.05) is 24.3 Å². The summed E-state index contributed by atoms with van der Waals surface area (Å²) < 4.78 is 5.77. The fourth-order valence-corrected chi connectivity index (χ4v) is 2.38. The van der Waals surface area contributed by atoms with Crippen molar-refractivity contribution >= 4 is 5.82 Å². The maximum atomic E-state index is 5.86. The minimum atomic E-state index is 0.0183. The predicted molar refractivity (Wildman–Crippen MR) is 79.8 cm³/mol. The molecule has 4 heteroatoms. The molecule has 0 unspecified atom stereocenters. The molecular formula is C16H19N3O. The highest BCUT2D eigenvalue weighted by Gasteiger charge is 2.16. The lowest BCUT2D eigenvalue weighted by Crippen LogP contribution is -2.26. The number of hydrogen-bond acceptors (Lipinski definition) is 4. The fraction of sp³-hybridized carbons (Fsp3) is 0.312. The van der Waals surface area contributed by atoms with E-state index in [0.29, 0.717) is 6.61 Å². The summed E-state index contributed by atoms with van der Waals surface area (Å²) in [6.45, 7) is 4.29. The van der Waals surface area contributed by atoms with Gasteiger partial charge in [-0.3, -0.25) is 0 Å². The third-order valence-electron chi connectivity index (χ3n) is 3.57. The number of nitrogens with two attached hydrogens (primary N) is 1. The zero-order valence-electron chi connectivity index (χ0n) is 11.6. The standard InChI is InChI=1S/C16H19N3O/c1-12(17)13-6-7-16(18-10-13)19-8-9-20-15-5-3-2-4-14(15)11-19/h2-7,10,12H,8-9,11,17H2,1H3/t12-/m1/s1. The van der Waals surface area contributed by atoms with Crippen LogP contribution in [0, 0.1) is 0 Å². The van der Waals surface area contributed by atoms with Crippen molar-refractivity contribution in [3.8, 4) is 5.75 Å². The van der Waals surface area contributed by atoms with Crippen LogP contribution in [0.15, 0.2) is 42.6 Å². The van der Waals surface area contributed by atoms with E-state index in [0.717, 1.165) is 30.2 Å². The number of anilines is 1. The second-order valence-corrected chi connectivity index (χ2v) is 5.12. The zero-order valence-corrected chi connectivity index (χ0v) is 11.6. The van der Waals surface area contributed by atoms with Gasteiger partial charge in [0.05, 0.1) is 6.54 Å². The summed E-state index contributed by atoms with van der Waals surface area (Å²) in [5, 5.41) is 0. The summed E-state index contributed by atoms with van der Waals surface area (Å²) in [5.74, 6) is 1.94. The molecule has 4 nitrogen and oxygen atoms in total. The lowest BCUT2D eigenvalue weighted by Gasteiger charge is -2.21. The largest absolute Gasteiger partial charge is 0.491 e. The average Bonchev–Trinajstić information content (AvgIpc) is 2.69. The molecule has 20 heavy (non-hydrogen) atoms. The highest BCUT2D eigenvalue weighted by Crippen LogP contribution is 2.25. The third-order valence-corrected chi connectivity index (χ3v) is 3.57. The summed E-state index contributed by atoms with van der Waals surface area (Å²) in [7, 11) is 0. The minimum absolute atomic E-state index is 0.0183. The lowest BCUT2D eigenvalue weighted by atomic mass is 10.1. The molecule has 2 heterocycles. The van der Waals surface area contributed by atoms with Crippen molar-refractivity contribution in [1.29, 1.82) is 0 Å². The number of fused-ring (bicyclic) bond motifs is 1. The van der Waals surface area contributed by atoms with Crippen LogP contribution in [0.3, 0.4) is 0 Å². The summed E-state index contributed by atoms with van der Waals surface area (Å²) in [5.41, 5.74) is 8.11. The predicted octanol–water partition coefficient (Wildman–Crippen LogP) is 2.50. The van der Waals surface area contributed by atoms with Crippen molar-refractivity contribution in [3.63, 3.8) is 0 Å². The van der Waals surface area contributed by atoms with E-state index in [1.54, 1.807) is 0 Å². The number of benzene rings is 1. The van der Waals surface area contributed by atoms with Crippen molar-refractivity contribution < 1.29 is 4.74 Å². The zero-order chi connectivity index (χ0) is 13.9. The molecule has 0 bridgehead atoms. The van der Waals surface area contributed by atoms with Crippen molar-refractivity contribution in [3.05, 3.63) is 53.7 Å². The van der Waals surface area contributed by atoms with Crippen LogP contribution < -0.4 is 15.4 Å². The van der Waals surface area contributed by atoms with Gasteiger partial charge in [-0.25, -0.2) is 4.98 Å². The van der Waals surface area contributed by atoms with E-state index < -0.39 is 0 Å². The molecule has 2 aromatic rings. The van der Waals surface area contributed by atoms with Crippen LogP contribution in [-0.2, 0) is 6.54 Å². The van der Waals surface area contributed by atoms with Gasteiger partial charge in [0, 0.05) is 24.3 Å². The Bertz CT molecular complexity index is 581. The minimum Gasteiger partial charge on any atom is -0.491 e. The van der Waals surface area contributed by atoms with Gasteiger partial charge >= 0.3 is 0 Å². The molecule has 1 atom stereocenters. The Morgan fingerprint density at radius 1 is 1.25 bits per heavy atom. The first kappa shape index (κ1) is 12.9. The lowest BCUT2D eigenvalue weighted by molar-refractivity contribution is 0.331. The fourth-order valence-electron chi connectivity index (χ4n) is 2.38. The van der Waals surface area contributed by atoms with E-state index >= 15 is 0 Å². The summed E-state index contributed by atoms with van der Waals surface area (Å²) in [4.78, 5) is 6.76. The number of para-hydroxylation sites is 1. The number of hydrogen-bond donors (Lipinski definition) is 1. The molecule has 104 valence electrons. The van der Waals surface area contributed by atoms with Crippen LogP contribution in [0.25, 0.3) is 0 Å². The van der Waals surface area contributed by atoms with Gasteiger partial charge in [-0.2, -0.15) is 0 Å². The van der Waals surface area contributed by atoms with E-state index in [2.05, 4.69) is 16.0 Å². The monoisotopic (exact) mass is 269 g/mol. The van der Waals surface area contributed by atoms with Crippen LogP contribution in [-0.4, -0.2) is 18.1 Å².